The van der Waals surface area contributed by atoms with Crippen LogP contribution < -0.4 is 11.3 Å². The zero-order chi connectivity index (χ0) is 12.4. The molecular weight excluding hydrogens is 300 g/mol. The second kappa shape index (κ2) is 5.35. The van der Waals surface area contributed by atoms with Gasteiger partial charge in [0.1, 0.15) is 11.5 Å². The van der Waals surface area contributed by atoms with Crippen LogP contribution in [0.5, 0.6) is 0 Å². The third-order valence-corrected chi connectivity index (χ3v) is 4.69. The Labute approximate surface area is 113 Å². The minimum atomic E-state index is 0.0856. The molecule has 0 saturated heterocycles. The van der Waals surface area contributed by atoms with Gasteiger partial charge >= 0.3 is 0 Å². The molecule has 0 radical (unpaired) electrons. The molecule has 92 valence electrons. The summed E-state index contributed by atoms with van der Waals surface area (Å²) in [5.74, 6) is 7.50. The number of aryl methyl sites for hydroxylation is 2. The summed E-state index contributed by atoms with van der Waals surface area (Å²) in [5, 5.41) is 2.07. The van der Waals surface area contributed by atoms with Gasteiger partial charge in [-0.05, 0) is 47.3 Å². The van der Waals surface area contributed by atoms with E-state index in [1.54, 1.807) is 11.3 Å². The first-order valence-electron chi connectivity index (χ1n) is 5.36. The maximum absolute atomic E-state index is 5.65. The van der Waals surface area contributed by atoms with Crippen molar-refractivity contribution in [2.45, 2.75) is 26.3 Å². The van der Waals surface area contributed by atoms with Crippen molar-refractivity contribution in [2.75, 3.05) is 0 Å². The number of nitrogens with two attached hydrogens (primary N) is 1. The molecule has 1 atom stereocenters. The summed E-state index contributed by atoms with van der Waals surface area (Å²) in [4.78, 5) is 1.28. The molecule has 0 aliphatic carbocycles. The van der Waals surface area contributed by atoms with Crippen LogP contribution in [0.1, 0.15) is 28.0 Å². The Morgan fingerprint density at radius 1 is 1.53 bits per heavy atom. The lowest BCUT2D eigenvalue weighted by molar-refractivity contribution is 0.485. The fourth-order valence-corrected chi connectivity index (χ4v) is 3.47. The van der Waals surface area contributed by atoms with Gasteiger partial charge in [0, 0.05) is 21.3 Å². The first kappa shape index (κ1) is 12.8. The molecule has 0 amide bonds. The first-order chi connectivity index (χ1) is 8.11. The summed E-state index contributed by atoms with van der Waals surface area (Å²) in [6, 6.07) is 4.19. The van der Waals surface area contributed by atoms with Gasteiger partial charge in [0.25, 0.3) is 0 Å². The largest absolute Gasteiger partial charge is 0.466 e. The summed E-state index contributed by atoms with van der Waals surface area (Å²) in [7, 11) is 0. The molecule has 0 aromatic carbocycles. The average Bonchev–Trinajstić information content (AvgIpc) is 2.82. The summed E-state index contributed by atoms with van der Waals surface area (Å²) < 4.78 is 6.68. The van der Waals surface area contributed by atoms with Gasteiger partial charge in [-0.3, -0.25) is 11.3 Å². The lowest BCUT2D eigenvalue weighted by Gasteiger charge is -2.14. The highest BCUT2D eigenvalue weighted by Gasteiger charge is 2.18. The van der Waals surface area contributed by atoms with E-state index >= 15 is 0 Å². The van der Waals surface area contributed by atoms with E-state index in [0.717, 1.165) is 28.0 Å². The lowest BCUT2D eigenvalue weighted by Crippen LogP contribution is -2.29. The molecule has 0 fully saturated rings. The SMILES string of the molecule is Cc1cc(C(Cc2sccc2Br)NN)c(C)o1. The van der Waals surface area contributed by atoms with E-state index in [1.165, 1.54) is 4.88 Å². The van der Waals surface area contributed by atoms with Gasteiger partial charge in [-0.1, -0.05) is 0 Å². The summed E-state index contributed by atoms with van der Waals surface area (Å²) >= 11 is 5.27. The van der Waals surface area contributed by atoms with E-state index in [0.29, 0.717) is 0 Å². The molecule has 0 bridgehead atoms. The van der Waals surface area contributed by atoms with Gasteiger partial charge in [0.2, 0.25) is 0 Å². The molecule has 0 aliphatic heterocycles. The topological polar surface area (TPSA) is 51.2 Å². The Bertz CT molecular complexity index is 506. The third-order valence-electron chi connectivity index (χ3n) is 2.74. The molecule has 2 rings (SSSR count). The van der Waals surface area contributed by atoms with Crippen molar-refractivity contribution in [3.8, 4) is 0 Å². The molecule has 1 unspecified atom stereocenters. The second-order valence-corrected chi connectivity index (χ2v) is 5.84. The highest BCUT2D eigenvalue weighted by molar-refractivity contribution is 9.10. The summed E-state index contributed by atoms with van der Waals surface area (Å²) in [6.07, 6.45) is 0.856. The van der Waals surface area contributed by atoms with Crippen molar-refractivity contribution in [2.24, 2.45) is 5.84 Å². The van der Waals surface area contributed by atoms with E-state index in [1.807, 2.05) is 19.9 Å². The Morgan fingerprint density at radius 2 is 2.29 bits per heavy atom. The zero-order valence-electron chi connectivity index (χ0n) is 9.79. The maximum atomic E-state index is 5.65. The van der Waals surface area contributed by atoms with Crippen molar-refractivity contribution < 1.29 is 4.42 Å². The second-order valence-electron chi connectivity index (χ2n) is 3.98. The molecule has 2 aromatic heterocycles. The zero-order valence-corrected chi connectivity index (χ0v) is 12.2. The number of furan rings is 1. The van der Waals surface area contributed by atoms with Crippen LogP contribution in [-0.4, -0.2) is 0 Å². The fourth-order valence-electron chi connectivity index (χ4n) is 1.91. The van der Waals surface area contributed by atoms with Crippen LogP contribution in [0.4, 0.5) is 0 Å². The molecule has 5 heteroatoms. The van der Waals surface area contributed by atoms with E-state index in [9.17, 15) is 0 Å². The van der Waals surface area contributed by atoms with E-state index in [4.69, 9.17) is 10.3 Å². The third kappa shape index (κ3) is 2.80. The highest BCUT2D eigenvalue weighted by atomic mass is 79.9. The van der Waals surface area contributed by atoms with Crippen LogP contribution in [-0.2, 0) is 6.42 Å². The molecule has 3 N–H and O–H groups in total. The van der Waals surface area contributed by atoms with Gasteiger partial charge in [-0.25, -0.2) is 0 Å². The molecule has 17 heavy (non-hydrogen) atoms. The molecule has 0 spiro atoms. The molecule has 0 saturated carbocycles. The molecule has 3 nitrogen and oxygen atoms in total. The predicted molar refractivity (Wildman–Crippen MR) is 74.0 cm³/mol. The smallest absolute Gasteiger partial charge is 0.105 e. The van der Waals surface area contributed by atoms with Gasteiger partial charge in [-0.15, -0.1) is 11.3 Å². The minimum absolute atomic E-state index is 0.0856. The Kier molecular flexibility index (Phi) is 4.04. The van der Waals surface area contributed by atoms with Gasteiger partial charge in [-0.2, -0.15) is 0 Å². The van der Waals surface area contributed by atoms with Crippen molar-refractivity contribution in [3.63, 3.8) is 0 Å². The quantitative estimate of drug-likeness (QED) is 0.671. The van der Waals surface area contributed by atoms with Gasteiger partial charge < -0.3 is 4.42 Å². The van der Waals surface area contributed by atoms with E-state index in [-0.39, 0.29) is 6.04 Å². The van der Waals surface area contributed by atoms with E-state index < -0.39 is 0 Å². The maximum Gasteiger partial charge on any atom is 0.105 e. The summed E-state index contributed by atoms with van der Waals surface area (Å²) in [5.41, 5.74) is 3.99. The van der Waals surface area contributed by atoms with Crippen molar-refractivity contribution in [1.82, 2.24) is 5.43 Å². The monoisotopic (exact) mass is 314 g/mol. The number of hydrazine groups is 1. The average molecular weight is 315 g/mol. The van der Waals surface area contributed by atoms with Crippen molar-refractivity contribution in [3.05, 3.63) is 43.9 Å². The number of halogens is 1. The predicted octanol–water partition coefficient (Wildman–Crippen LogP) is 3.47. The molecular formula is C12H15BrN2OS. The lowest BCUT2D eigenvalue weighted by atomic mass is 10.0. The van der Waals surface area contributed by atoms with Crippen LogP contribution in [0, 0.1) is 13.8 Å². The normalized spacial score (nSPS) is 12.9. The van der Waals surface area contributed by atoms with Crippen LogP contribution >= 0.6 is 27.3 Å². The van der Waals surface area contributed by atoms with Crippen molar-refractivity contribution >= 4 is 27.3 Å². The Balaban J connectivity index is 2.23. The standard InChI is InChI=1S/C12H15BrN2OS/c1-7-5-9(8(2)16-7)11(15-14)6-12-10(13)3-4-17-12/h3-5,11,15H,6,14H2,1-2H3. The molecule has 2 aromatic rings. The number of rotatable bonds is 4. The minimum Gasteiger partial charge on any atom is -0.466 e. The highest BCUT2D eigenvalue weighted by Crippen LogP contribution is 2.30. The number of thiophene rings is 1. The fraction of sp³-hybridized carbons (Fsp3) is 0.333. The van der Waals surface area contributed by atoms with Gasteiger partial charge in [0.15, 0.2) is 0 Å². The van der Waals surface area contributed by atoms with Crippen LogP contribution in [0.15, 0.2) is 26.4 Å². The number of hydrogen-bond acceptors (Lipinski definition) is 4. The first-order valence-corrected chi connectivity index (χ1v) is 7.04. The molecule has 2 heterocycles. The van der Waals surface area contributed by atoms with E-state index in [2.05, 4.69) is 32.8 Å². The molecule has 0 aliphatic rings. The summed E-state index contributed by atoms with van der Waals surface area (Å²) in [6.45, 7) is 3.92. The van der Waals surface area contributed by atoms with Gasteiger partial charge in [0.05, 0.1) is 6.04 Å². The van der Waals surface area contributed by atoms with Crippen LogP contribution in [0.25, 0.3) is 0 Å². The number of hydrogen-bond donors (Lipinski definition) is 2. The van der Waals surface area contributed by atoms with Crippen molar-refractivity contribution in [1.29, 1.82) is 0 Å². The number of nitrogens with one attached hydrogen (secondary N) is 1. The van der Waals surface area contributed by atoms with Crippen LogP contribution in [0.3, 0.4) is 0 Å². The Hall–Kier alpha value is -0.620. The Morgan fingerprint density at radius 3 is 2.76 bits per heavy atom. The van der Waals surface area contributed by atoms with Crippen LogP contribution in [0.2, 0.25) is 0 Å².